The van der Waals surface area contributed by atoms with Crippen molar-refractivity contribution >= 4 is 23.4 Å². The van der Waals surface area contributed by atoms with Crippen LogP contribution in [0.4, 0.5) is 5.69 Å². The second-order valence-electron chi connectivity index (χ2n) is 6.21. The summed E-state index contributed by atoms with van der Waals surface area (Å²) in [5, 5.41) is 5.54. The van der Waals surface area contributed by atoms with Gasteiger partial charge in [-0.05, 0) is 49.2 Å². The van der Waals surface area contributed by atoms with Crippen molar-refractivity contribution in [3.05, 3.63) is 54.0 Å². The van der Waals surface area contributed by atoms with Crippen LogP contribution in [0.25, 0.3) is 0 Å². The Bertz CT molecular complexity index is 813. The molecule has 1 aromatic carbocycles. The quantitative estimate of drug-likeness (QED) is 0.889. The van der Waals surface area contributed by atoms with Crippen LogP contribution in [0.15, 0.2) is 47.1 Å². The van der Waals surface area contributed by atoms with Gasteiger partial charge >= 0.3 is 0 Å². The van der Waals surface area contributed by atoms with Gasteiger partial charge in [0.25, 0.3) is 11.8 Å². The van der Waals surface area contributed by atoms with Gasteiger partial charge in [0.1, 0.15) is 6.04 Å². The van der Waals surface area contributed by atoms with Gasteiger partial charge in [0.05, 0.1) is 12.3 Å². The van der Waals surface area contributed by atoms with Crippen molar-refractivity contribution < 1.29 is 18.8 Å². The summed E-state index contributed by atoms with van der Waals surface area (Å²) in [6.45, 7) is 0.512. The molecule has 2 unspecified atom stereocenters. The first-order valence-corrected chi connectivity index (χ1v) is 8.19. The number of furan rings is 1. The topological polar surface area (TPSA) is 91.7 Å². The summed E-state index contributed by atoms with van der Waals surface area (Å²) < 4.78 is 5.04. The number of nitrogens with one attached hydrogen (secondary N) is 2. The highest BCUT2D eigenvalue weighted by molar-refractivity contribution is 6.03. The second-order valence-corrected chi connectivity index (χ2v) is 6.21. The van der Waals surface area contributed by atoms with Crippen LogP contribution >= 0.6 is 0 Å². The SMILES string of the molecule is O=C(Nc1ccc(C(=O)N2C3CCC2C(=O)NC3)cc1)c1ccco1. The summed E-state index contributed by atoms with van der Waals surface area (Å²) >= 11 is 0. The number of fused-ring (bicyclic) bond motifs is 2. The van der Waals surface area contributed by atoms with E-state index in [1.54, 1.807) is 41.3 Å². The van der Waals surface area contributed by atoms with Crippen LogP contribution in [0.3, 0.4) is 0 Å². The lowest BCUT2D eigenvalue weighted by Crippen LogP contribution is -2.57. The molecule has 2 N–H and O–H groups in total. The van der Waals surface area contributed by atoms with Gasteiger partial charge in [-0.15, -0.1) is 0 Å². The molecule has 0 spiro atoms. The Hall–Kier alpha value is -3.09. The molecular weight excluding hydrogens is 322 g/mol. The minimum Gasteiger partial charge on any atom is -0.459 e. The molecule has 0 aliphatic carbocycles. The Labute approximate surface area is 144 Å². The average Bonchev–Trinajstić information content (AvgIpc) is 3.26. The van der Waals surface area contributed by atoms with E-state index in [1.807, 2.05) is 0 Å². The van der Waals surface area contributed by atoms with E-state index in [0.717, 1.165) is 6.42 Å². The van der Waals surface area contributed by atoms with E-state index in [-0.39, 0.29) is 35.6 Å². The van der Waals surface area contributed by atoms with Crippen LogP contribution in [0.5, 0.6) is 0 Å². The molecule has 1 aromatic heterocycles. The molecule has 4 rings (SSSR count). The fourth-order valence-corrected chi connectivity index (χ4v) is 3.43. The fraction of sp³-hybridized carbons (Fsp3) is 0.278. The standard InChI is InChI=1S/C18H17N3O4/c22-16-14-8-7-13(10-19-16)21(14)18(24)11-3-5-12(6-4-11)20-17(23)15-2-1-9-25-15/h1-6,9,13-14H,7-8,10H2,(H,19,22)(H,20,23). The van der Waals surface area contributed by atoms with E-state index >= 15 is 0 Å². The molecular formula is C18H17N3O4. The second kappa shape index (κ2) is 6.08. The molecule has 3 heterocycles. The lowest BCUT2D eigenvalue weighted by atomic mass is 10.1. The zero-order chi connectivity index (χ0) is 17.4. The maximum absolute atomic E-state index is 12.8. The zero-order valence-corrected chi connectivity index (χ0v) is 13.4. The van der Waals surface area contributed by atoms with Gasteiger partial charge < -0.3 is 20.0 Å². The number of nitrogens with zero attached hydrogens (tertiary/aromatic N) is 1. The van der Waals surface area contributed by atoms with Crippen molar-refractivity contribution in [1.82, 2.24) is 10.2 Å². The molecule has 25 heavy (non-hydrogen) atoms. The van der Waals surface area contributed by atoms with Crippen molar-refractivity contribution in [2.75, 3.05) is 11.9 Å². The summed E-state index contributed by atoms with van der Waals surface area (Å²) in [6.07, 6.45) is 2.98. The molecule has 0 radical (unpaired) electrons. The van der Waals surface area contributed by atoms with Crippen LogP contribution in [0.1, 0.15) is 33.8 Å². The lowest BCUT2D eigenvalue weighted by Gasteiger charge is -2.34. The van der Waals surface area contributed by atoms with Crippen molar-refractivity contribution in [3.63, 3.8) is 0 Å². The van der Waals surface area contributed by atoms with E-state index in [1.165, 1.54) is 6.26 Å². The fourth-order valence-electron chi connectivity index (χ4n) is 3.43. The molecule has 128 valence electrons. The van der Waals surface area contributed by atoms with Gasteiger partial charge in [0, 0.05) is 17.8 Å². The molecule has 3 amide bonds. The Kier molecular flexibility index (Phi) is 3.76. The molecule has 7 heteroatoms. The first-order valence-electron chi connectivity index (χ1n) is 8.19. The van der Waals surface area contributed by atoms with Gasteiger partial charge in [-0.1, -0.05) is 0 Å². The smallest absolute Gasteiger partial charge is 0.291 e. The van der Waals surface area contributed by atoms with Crippen LogP contribution in [-0.2, 0) is 4.79 Å². The van der Waals surface area contributed by atoms with Crippen LogP contribution in [-0.4, -0.2) is 41.2 Å². The van der Waals surface area contributed by atoms with Crippen molar-refractivity contribution in [2.24, 2.45) is 0 Å². The third-order valence-corrected chi connectivity index (χ3v) is 4.69. The summed E-state index contributed by atoms with van der Waals surface area (Å²) in [5.41, 5.74) is 1.07. The molecule has 2 atom stereocenters. The first-order chi connectivity index (χ1) is 12.1. The third-order valence-electron chi connectivity index (χ3n) is 4.69. The number of benzene rings is 1. The molecule has 2 aliphatic heterocycles. The number of carbonyl (C=O) groups excluding carboxylic acids is 3. The number of piperazine rings is 1. The predicted octanol–water partition coefficient (Wildman–Crippen LogP) is 1.63. The van der Waals surface area contributed by atoms with Crippen molar-refractivity contribution in [1.29, 1.82) is 0 Å². The minimum atomic E-state index is -0.371. The number of amides is 3. The third kappa shape index (κ3) is 2.77. The lowest BCUT2D eigenvalue weighted by molar-refractivity contribution is -0.127. The summed E-state index contributed by atoms with van der Waals surface area (Å²) in [4.78, 5) is 38.3. The van der Waals surface area contributed by atoms with Crippen LogP contribution in [0, 0.1) is 0 Å². The first kappa shape index (κ1) is 15.4. The molecule has 2 aromatic rings. The van der Waals surface area contributed by atoms with E-state index < -0.39 is 0 Å². The van der Waals surface area contributed by atoms with E-state index in [0.29, 0.717) is 24.2 Å². The van der Waals surface area contributed by atoms with Crippen LogP contribution < -0.4 is 10.6 Å². The Morgan fingerprint density at radius 1 is 1.16 bits per heavy atom. The molecule has 2 saturated heterocycles. The van der Waals surface area contributed by atoms with Crippen molar-refractivity contribution in [3.8, 4) is 0 Å². The number of hydrogen-bond acceptors (Lipinski definition) is 4. The minimum absolute atomic E-state index is 0.0635. The van der Waals surface area contributed by atoms with Crippen molar-refractivity contribution in [2.45, 2.75) is 24.9 Å². The molecule has 7 nitrogen and oxygen atoms in total. The number of carbonyl (C=O) groups is 3. The predicted molar refractivity (Wildman–Crippen MR) is 89.1 cm³/mol. The van der Waals surface area contributed by atoms with Gasteiger partial charge in [-0.2, -0.15) is 0 Å². The molecule has 2 bridgehead atoms. The van der Waals surface area contributed by atoms with Gasteiger partial charge in [-0.3, -0.25) is 14.4 Å². The maximum atomic E-state index is 12.8. The highest BCUT2D eigenvalue weighted by atomic mass is 16.3. The summed E-state index contributed by atoms with van der Waals surface area (Å²) in [5.74, 6) is -0.360. The molecule has 0 saturated carbocycles. The number of anilines is 1. The average molecular weight is 339 g/mol. The Morgan fingerprint density at radius 3 is 2.68 bits per heavy atom. The van der Waals surface area contributed by atoms with Crippen LogP contribution in [0.2, 0.25) is 0 Å². The Morgan fingerprint density at radius 2 is 1.96 bits per heavy atom. The van der Waals surface area contributed by atoms with E-state index in [2.05, 4.69) is 10.6 Å². The Balaban J connectivity index is 1.48. The highest BCUT2D eigenvalue weighted by Gasteiger charge is 2.44. The van der Waals surface area contributed by atoms with Gasteiger partial charge in [-0.25, -0.2) is 0 Å². The largest absolute Gasteiger partial charge is 0.459 e. The molecule has 2 aliphatic rings. The normalized spacial score (nSPS) is 21.8. The van der Waals surface area contributed by atoms with E-state index in [4.69, 9.17) is 4.42 Å². The van der Waals surface area contributed by atoms with E-state index in [9.17, 15) is 14.4 Å². The molecule has 2 fully saturated rings. The zero-order valence-electron chi connectivity index (χ0n) is 13.4. The van der Waals surface area contributed by atoms with Gasteiger partial charge in [0.15, 0.2) is 5.76 Å². The number of hydrogen-bond donors (Lipinski definition) is 2. The monoisotopic (exact) mass is 339 g/mol. The number of rotatable bonds is 3. The van der Waals surface area contributed by atoms with Gasteiger partial charge in [0.2, 0.25) is 5.91 Å². The summed E-state index contributed by atoms with van der Waals surface area (Å²) in [6, 6.07) is 9.56. The maximum Gasteiger partial charge on any atom is 0.291 e. The highest BCUT2D eigenvalue weighted by Crippen LogP contribution is 2.29. The summed E-state index contributed by atoms with van der Waals surface area (Å²) in [7, 11) is 0.